The standard InChI is InChI=1S/C27H42ClN3O3S/c1-6-7-16-31-19-29-27(18-35-5,34-26(32)33-4)24(31)17-20-8-10-21(11-9-20)25(30(2)3)22-12-14-23(28)15-13-22/h12-15,19-21,24-25H,6-11,16-18H2,1-5H3. The van der Waals surface area contributed by atoms with E-state index in [1.807, 2.05) is 24.7 Å². The Morgan fingerprint density at radius 3 is 2.51 bits per heavy atom. The number of carbonyl (C=O) groups is 1. The topological polar surface area (TPSA) is 54.4 Å². The van der Waals surface area contributed by atoms with Crippen molar-refractivity contribution in [3.8, 4) is 0 Å². The lowest BCUT2D eigenvalue weighted by Gasteiger charge is -2.41. The number of thioether (sulfide) groups is 1. The van der Waals surface area contributed by atoms with Crippen molar-refractivity contribution in [2.45, 2.75) is 69.7 Å². The first-order valence-corrected chi connectivity index (χ1v) is 14.6. The number of unbranched alkanes of at least 4 members (excludes halogenated alkanes) is 1. The molecule has 1 aromatic rings. The molecule has 3 unspecified atom stereocenters. The van der Waals surface area contributed by atoms with Crippen LogP contribution in [0.5, 0.6) is 0 Å². The quantitative estimate of drug-likeness (QED) is 0.309. The van der Waals surface area contributed by atoms with Crippen LogP contribution in [-0.4, -0.2) is 73.8 Å². The zero-order chi connectivity index (χ0) is 25.4. The second kappa shape index (κ2) is 13.2. The third-order valence-electron chi connectivity index (χ3n) is 7.56. The second-order valence-electron chi connectivity index (χ2n) is 10.2. The number of halogens is 1. The fourth-order valence-electron chi connectivity index (χ4n) is 5.83. The lowest BCUT2D eigenvalue weighted by molar-refractivity contribution is -0.0434. The molecule has 1 aliphatic heterocycles. The average Bonchev–Trinajstić information content (AvgIpc) is 3.16. The summed E-state index contributed by atoms with van der Waals surface area (Å²) in [4.78, 5) is 21.6. The number of hydrogen-bond donors (Lipinski definition) is 0. The maximum atomic E-state index is 12.2. The Morgan fingerprint density at radius 2 is 1.94 bits per heavy atom. The Kier molecular flexibility index (Phi) is 10.6. The van der Waals surface area contributed by atoms with Gasteiger partial charge in [0.05, 0.1) is 25.2 Å². The summed E-state index contributed by atoms with van der Waals surface area (Å²) in [7, 11) is 5.71. The number of ether oxygens (including phenoxy) is 2. The number of nitrogens with zero attached hydrogens (tertiary/aromatic N) is 3. The Balaban J connectivity index is 1.71. The molecule has 196 valence electrons. The summed E-state index contributed by atoms with van der Waals surface area (Å²) >= 11 is 7.80. The van der Waals surface area contributed by atoms with Crippen LogP contribution in [0.2, 0.25) is 5.02 Å². The van der Waals surface area contributed by atoms with Gasteiger partial charge in [0, 0.05) is 17.6 Å². The number of hydrogen-bond acceptors (Lipinski definition) is 7. The van der Waals surface area contributed by atoms with Gasteiger partial charge in [-0.2, -0.15) is 11.8 Å². The summed E-state index contributed by atoms with van der Waals surface area (Å²) in [6.45, 7) is 3.13. The highest BCUT2D eigenvalue weighted by Crippen LogP contribution is 2.43. The Labute approximate surface area is 220 Å². The number of carbonyl (C=O) groups excluding carboxylic acids is 1. The van der Waals surface area contributed by atoms with Gasteiger partial charge in [0.1, 0.15) is 0 Å². The molecule has 0 radical (unpaired) electrons. The summed E-state index contributed by atoms with van der Waals surface area (Å²) in [5.74, 6) is 1.82. The van der Waals surface area contributed by atoms with Crippen LogP contribution in [-0.2, 0) is 9.47 Å². The minimum Gasteiger partial charge on any atom is -0.438 e. The van der Waals surface area contributed by atoms with Crippen LogP contribution in [0.25, 0.3) is 0 Å². The van der Waals surface area contributed by atoms with Crippen molar-refractivity contribution in [2.24, 2.45) is 16.8 Å². The molecule has 1 aromatic carbocycles. The number of aliphatic imine (C=N–C) groups is 1. The van der Waals surface area contributed by atoms with Gasteiger partial charge in [-0.3, -0.25) is 0 Å². The van der Waals surface area contributed by atoms with Crippen molar-refractivity contribution >= 4 is 35.9 Å². The van der Waals surface area contributed by atoms with E-state index < -0.39 is 11.9 Å². The predicted molar refractivity (Wildman–Crippen MR) is 146 cm³/mol. The van der Waals surface area contributed by atoms with Crippen molar-refractivity contribution in [1.29, 1.82) is 0 Å². The Morgan fingerprint density at radius 1 is 1.26 bits per heavy atom. The summed E-state index contributed by atoms with van der Waals surface area (Å²) in [5, 5.41) is 0.782. The largest absolute Gasteiger partial charge is 0.510 e. The highest BCUT2D eigenvalue weighted by atomic mass is 35.5. The van der Waals surface area contributed by atoms with Crippen molar-refractivity contribution < 1.29 is 14.3 Å². The average molecular weight is 524 g/mol. The summed E-state index contributed by atoms with van der Waals surface area (Å²) < 4.78 is 10.7. The summed E-state index contributed by atoms with van der Waals surface area (Å²) in [6, 6.07) is 8.77. The van der Waals surface area contributed by atoms with Gasteiger partial charge in [0.15, 0.2) is 0 Å². The van der Waals surface area contributed by atoms with Crippen LogP contribution in [0, 0.1) is 11.8 Å². The molecule has 2 aliphatic rings. The monoisotopic (exact) mass is 523 g/mol. The number of benzene rings is 1. The zero-order valence-electron chi connectivity index (χ0n) is 21.9. The Bertz CT molecular complexity index is 829. The van der Waals surface area contributed by atoms with Gasteiger partial charge < -0.3 is 19.3 Å². The van der Waals surface area contributed by atoms with Gasteiger partial charge in [-0.25, -0.2) is 9.79 Å². The fraction of sp³-hybridized carbons (Fsp3) is 0.704. The Hall–Kier alpha value is -1.44. The van der Waals surface area contributed by atoms with Gasteiger partial charge in [0.25, 0.3) is 0 Å². The molecule has 35 heavy (non-hydrogen) atoms. The molecule has 0 amide bonds. The molecule has 1 fully saturated rings. The van der Waals surface area contributed by atoms with Gasteiger partial charge in [-0.1, -0.05) is 49.9 Å². The maximum absolute atomic E-state index is 12.2. The first kappa shape index (κ1) is 28.1. The molecule has 3 rings (SSSR count). The van der Waals surface area contributed by atoms with Crippen molar-refractivity contribution in [3.63, 3.8) is 0 Å². The summed E-state index contributed by atoms with van der Waals surface area (Å²) in [5.41, 5.74) is 0.454. The molecular weight excluding hydrogens is 482 g/mol. The lowest BCUT2D eigenvalue weighted by Crippen LogP contribution is -2.51. The van der Waals surface area contributed by atoms with Crippen LogP contribution >= 0.6 is 23.4 Å². The van der Waals surface area contributed by atoms with Crippen LogP contribution in [0.1, 0.15) is 63.5 Å². The fourth-order valence-corrected chi connectivity index (χ4v) is 6.69. The van der Waals surface area contributed by atoms with E-state index in [1.165, 1.54) is 38.4 Å². The first-order chi connectivity index (χ1) is 16.8. The molecular formula is C27H42ClN3O3S. The van der Waals surface area contributed by atoms with E-state index in [4.69, 9.17) is 26.1 Å². The van der Waals surface area contributed by atoms with Crippen LogP contribution in [0.4, 0.5) is 4.79 Å². The van der Waals surface area contributed by atoms with Crippen molar-refractivity contribution in [1.82, 2.24) is 9.80 Å². The molecule has 1 aliphatic carbocycles. The molecule has 0 bridgehead atoms. The van der Waals surface area contributed by atoms with E-state index in [0.29, 0.717) is 23.6 Å². The van der Waals surface area contributed by atoms with Gasteiger partial charge in [-0.05, 0) is 75.6 Å². The molecule has 6 nitrogen and oxygen atoms in total. The van der Waals surface area contributed by atoms with Gasteiger partial charge >= 0.3 is 6.16 Å². The molecule has 0 spiro atoms. The van der Waals surface area contributed by atoms with Crippen LogP contribution in [0.15, 0.2) is 29.3 Å². The van der Waals surface area contributed by atoms with E-state index >= 15 is 0 Å². The molecule has 3 atom stereocenters. The molecule has 1 heterocycles. The smallest absolute Gasteiger partial charge is 0.438 e. The normalized spacial score (nSPS) is 27.3. The van der Waals surface area contributed by atoms with E-state index in [-0.39, 0.29) is 6.04 Å². The minimum absolute atomic E-state index is 0.0445. The second-order valence-corrected chi connectivity index (χ2v) is 11.5. The third kappa shape index (κ3) is 7.07. The molecule has 8 heteroatoms. The molecule has 0 aromatic heterocycles. The van der Waals surface area contributed by atoms with E-state index in [9.17, 15) is 4.79 Å². The number of methoxy groups -OCH3 is 1. The third-order valence-corrected chi connectivity index (χ3v) is 8.51. The summed E-state index contributed by atoms with van der Waals surface area (Å²) in [6.07, 6.45) is 11.2. The van der Waals surface area contributed by atoms with E-state index in [2.05, 4.69) is 43.0 Å². The molecule has 0 saturated heterocycles. The highest BCUT2D eigenvalue weighted by molar-refractivity contribution is 7.98. The molecule has 1 saturated carbocycles. The van der Waals surface area contributed by atoms with Gasteiger partial charge in [-0.15, -0.1) is 0 Å². The van der Waals surface area contributed by atoms with Gasteiger partial charge in [0.2, 0.25) is 5.72 Å². The predicted octanol–water partition coefficient (Wildman–Crippen LogP) is 6.49. The van der Waals surface area contributed by atoms with E-state index in [1.54, 1.807) is 11.8 Å². The maximum Gasteiger partial charge on any atom is 0.510 e. The van der Waals surface area contributed by atoms with Crippen molar-refractivity contribution in [3.05, 3.63) is 34.9 Å². The minimum atomic E-state index is -0.882. The highest BCUT2D eigenvalue weighted by Gasteiger charge is 2.49. The van der Waals surface area contributed by atoms with E-state index in [0.717, 1.165) is 30.8 Å². The molecule has 0 N–H and O–H groups in total. The lowest BCUT2D eigenvalue weighted by atomic mass is 9.74. The van der Waals surface area contributed by atoms with Crippen molar-refractivity contribution in [2.75, 3.05) is 39.8 Å². The number of rotatable bonds is 11. The van der Waals surface area contributed by atoms with Crippen LogP contribution < -0.4 is 0 Å². The first-order valence-electron chi connectivity index (χ1n) is 12.8. The SMILES string of the molecule is CCCCN1C=NC(CSC)(OC(=O)OC)C1CC1CCC(C(c2ccc(Cl)cc2)N(C)C)CC1. The van der Waals surface area contributed by atoms with Crippen LogP contribution in [0.3, 0.4) is 0 Å². The zero-order valence-corrected chi connectivity index (χ0v) is 23.5.